The number of amides is 1. The lowest BCUT2D eigenvalue weighted by Crippen LogP contribution is -2.46. The van der Waals surface area contributed by atoms with Crippen LogP contribution in [-0.2, 0) is 14.8 Å². The highest BCUT2D eigenvalue weighted by atomic mass is 32.2. The van der Waals surface area contributed by atoms with Gasteiger partial charge in [-0.3, -0.25) is 4.79 Å². The third kappa shape index (κ3) is 6.77. The van der Waals surface area contributed by atoms with Gasteiger partial charge in [0.1, 0.15) is 5.75 Å². The van der Waals surface area contributed by atoms with E-state index in [4.69, 9.17) is 0 Å². The number of hydrogen-bond acceptors (Lipinski definition) is 3. The van der Waals surface area contributed by atoms with Crippen molar-refractivity contribution >= 4 is 15.9 Å². The van der Waals surface area contributed by atoms with E-state index in [0.717, 1.165) is 25.7 Å². The first-order valence-electron chi connectivity index (χ1n) is 8.91. The minimum absolute atomic E-state index is 0.0653. The molecule has 146 valence electrons. The predicted molar refractivity (Wildman–Crippen MR) is 88.3 cm³/mol. The van der Waals surface area contributed by atoms with Crippen LogP contribution in [0.5, 0.6) is 0 Å². The van der Waals surface area contributed by atoms with Crippen LogP contribution in [0.25, 0.3) is 0 Å². The molecule has 0 aromatic rings. The predicted octanol–water partition coefficient (Wildman–Crippen LogP) is 2.72. The Morgan fingerprint density at radius 1 is 1.04 bits per heavy atom. The summed E-state index contributed by atoms with van der Waals surface area (Å²) < 4.78 is 65.1. The fourth-order valence-electron chi connectivity index (χ4n) is 3.73. The maximum absolute atomic E-state index is 12.8. The minimum atomic E-state index is -4.27. The lowest BCUT2D eigenvalue weighted by atomic mass is 9.85. The van der Waals surface area contributed by atoms with Gasteiger partial charge in [0.15, 0.2) is 0 Å². The molecular formula is C16H27F3N2O3S. The van der Waals surface area contributed by atoms with Gasteiger partial charge >= 0.3 is 6.18 Å². The van der Waals surface area contributed by atoms with Crippen LogP contribution in [0.2, 0.25) is 0 Å². The molecule has 1 amide bonds. The van der Waals surface area contributed by atoms with E-state index in [1.807, 2.05) is 0 Å². The quantitative estimate of drug-likeness (QED) is 0.765. The van der Waals surface area contributed by atoms with Crippen molar-refractivity contribution in [3.05, 3.63) is 0 Å². The monoisotopic (exact) mass is 384 g/mol. The number of carbonyl (C=O) groups is 1. The molecule has 0 saturated heterocycles. The van der Waals surface area contributed by atoms with Crippen LogP contribution >= 0.6 is 0 Å². The second-order valence-electron chi connectivity index (χ2n) is 7.50. The fraction of sp³-hybridized carbons (Fsp3) is 0.938. The second kappa shape index (κ2) is 8.24. The summed E-state index contributed by atoms with van der Waals surface area (Å²) in [6.45, 7) is 2.12. The maximum Gasteiger partial charge on any atom is 0.391 e. The standard InChI is InChI=1S/C16H27F3N2O3S/c1-11-5-7-13(8-6-11)21-25(23,24)10-15(22)20-14-4-2-3-12(9-14)16(17,18)19/h11-14,21H,2-10H2,1H3,(H,20,22)/t11?,12-,13?,14+/m0/s1. The molecule has 2 atom stereocenters. The first-order valence-corrected chi connectivity index (χ1v) is 10.6. The van der Waals surface area contributed by atoms with E-state index in [2.05, 4.69) is 17.0 Å². The number of sulfonamides is 1. The van der Waals surface area contributed by atoms with Gasteiger partial charge in [0.25, 0.3) is 0 Å². The fourth-order valence-corrected chi connectivity index (χ4v) is 4.99. The summed E-state index contributed by atoms with van der Waals surface area (Å²) in [6.07, 6.45) is -0.169. The summed E-state index contributed by atoms with van der Waals surface area (Å²) in [6, 6.07) is -0.767. The Balaban J connectivity index is 1.80. The molecule has 2 rings (SSSR count). The van der Waals surface area contributed by atoms with Crippen LogP contribution in [0.3, 0.4) is 0 Å². The Kier molecular flexibility index (Phi) is 6.75. The van der Waals surface area contributed by atoms with Gasteiger partial charge in [0.05, 0.1) is 5.92 Å². The van der Waals surface area contributed by atoms with Crippen LogP contribution in [0.4, 0.5) is 13.2 Å². The molecule has 9 heteroatoms. The van der Waals surface area contributed by atoms with Gasteiger partial charge in [-0.25, -0.2) is 13.1 Å². The van der Waals surface area contributed by atoms with Gasteiger partial charge < -0.3 is 5.32 Å². The van der Waals surface area contributed by atoms with Crippen molar-refractivity contribution in [2.24, 2.45) is 11.8 Å². The molecule has 0 aromatic carbocycles. The van der Waals surface area contributed by atoms with E-state index >= 15 is 0 Å². The summed E-state index contributed by atoms with van der Waals surface area (Å²) in [5.41, 5.74) is 0. The van der Waals surface area contributed by atoms with Crippen molar-refractivity contribution < 1.29 is 26.4 Å². The first-order chi connectivity index (χ1) is 11.5. The molecule has 25 heavy (non-hydrogen) atoms. The van der Waals surface area contributed by atoms with Crippen LogP contribution in [0.1, 0.15) is 58.3 Å². The molecule has 0 spiro atoms. The third-order valence-electron chi connectivity index (χ3n) is 5.19. The SMILES string of the molecule is CC1CCC(NS(=O)(=O)CC(=O)N[C@@H]2CCC[C@H](C(F)(F)F)C2)CC1. The average molecular weight is 384 g/mol. The normalized spacial score (nSPS) is 31.5. The third-order valence-corrected chi connectivity index (χ3v) is 6.52. The topological polar surface area (TPSA) is 75.3 Å². The van der Waals surface area contributed by atoms with Crippen molar-refractivity contribution in [3.8, 4) is 0 Å². The summed E-state index contributed by atoms with van der Waals surface area (Å²) in [4.78, 5) is 12.0. The van der Waals surface area contributed by atoms with Gasteiger partial charge in [-0.15, -0.1) is 0 Å². The number of nitrogens with one attached hydrogen (secondary N) is 2. The van der Waals surface area contributed by atoms with Crippen LogP contribution in [0.15, 0.2) is 0 Å². The molecule has 0 unspecified atom stereocenters. The second-order valence-corrected chi connectivity index (χ2v) is 9.26. The van der Waals surface area contributed by atoms with Gasteiger partial charge in [0.2, 0.25) is 15.9 Å². The number of hydrogen-bond donors (Lipinski definition) is 2. The molecule has 2 aliphatic carbocycles. The van der Waals surface area contributed by atoms with E-state index in [1.54, 1.807) is 0 Å². The van der Waals surface area contributed by atoms with Crippen LogP contribution in [0, 0.1) is 11.8 Å². The van der Waals surface area contributed by atoms with E-state index in [-0.39, 0.29) is 18.9 Å². The molecule has 0 aromatic heterocycles. The zero-order chi connectivity index (χ0) is 18.7. The highest BCUT2D eigenvalue weighted by Crippen LogP contribution is 2.37. The average Bonchev–Trinajstić information content (AvgIpc) is 2.48. The largest absolute Gasteiger partial charge is 0.391 e. The Bertz CT molecular complexity index is 557. The minimum Gasteiger partial charge on any atom is -0.352 e. The van der Waals surface area contributed by atoms with Gasteiger partial charge in [-0.05, 0) is 50.9 Å². The molecule has 0 aliphatic heterocycles. The zero-order valence-electron chi connectivity index (χ0n) is 14.4. The molecule has 2 fully saturated rings. The first kappa shape index (κ1) is 20.5. The molecule has 0 bridgehead atoms. The van der Waals surface area contributed by atoms with E-state index in [1.165, 1.54) is 0 Å². The molecule has 2 saturated carbocycles. The highest BCUT2D eigenvalue weighted by Gasteiger charge is 2.42. The molecule has 2 aliphatic rings. The number of rotatable bonds is 5. The molecule has 2 N–H and O–H groups in total. The summed E-state index contributed by atoms with van der Waals surface area (Å²) >= 11 is 0. The number of alkyl halides is 3. The van der Waals surface area contributed by atoms with Crippen molar-refractivity contribution in [1.82, 2.24) is 10.0 Å². The van der Waals surface area contributed by atoms with Crippen LogP contribution in [-0.4, -0.2) is 38.3 Å². The Morgan fingerprint density at radius 2 is 1.68 bits per heavy atom. The highest BCUT2D eigenvalue weighted by molar-refractivity contribution is 7.90. The van der Waals surface area contributed by atoms with Crippen molar-refractivity contribution in [2.45, 2.75) is 76.6 Å². The van der Waals surface area contributed by atoms with Gasteiger partial charge in [-0.2, -0.15) is 13.2 Å². The summed E-state index contributed by atoms with van der Waals surface area (Å²) in [5.74, 6) is -2.31. The van der Waals surface area contributed by atoms with Crippen molar-refractivity contribution in [2.75, 3.05) is 5.75 Å². The number of carbonyl (C=O) groups excluding carboxylic acids is 1. The molecule has 0 heterocycles. The van der Waals surface area contributed by atoms with E-state index < -0.39 is 39.8 Å². The van der Waals surface area contributed by atoms with E-state index in [9.17, 15) is 26.4 Å². The summed E-state index contributed by atoms with van der Waals surface area (Å²) in [7, 11) is -3.77. The summed E-state index contributed by atoms with van der Waals surface area (Å²) in [5, 5.41) is 2.46. The van der Waals surface area contributed by atoms with Gasteiger partial charge in [-0.1, -0.05) is 13.3 Å². The lowest BCUT2D eigenvalue weighted by molar-refractivity contribution is -0.184. The lowest BCUT2D eigenvalue weighted by Gasteiger charge is -2.31. The molecular weight excluding hydrogens is 357 g/mol. The Labute approximate surface area is 147 Å². The Hall–Kier alpha value is -0.830. The number of halogens is 3. The molecule has 0 radical (unpaired) electrons. The zero-order valence-corrected chi connectivity index (χ0v) is 15.3. The van der Waals surface area contributed by atoms with Gasteiger partial charge in [0, 0.05) is 12.1 Å². The van der Waals surface area contributed by atoms with Crippen molar-refractivity contribution in [3.63, 3.8) is 0 Å². The van der Waals surface area contributed by atoms with Crippen LogP contribution < -0.4 is 10.0 Å². The van der Waals surface area contributed by atoms with E-state index in [0.29, 0.717) is 18.8 Å². The maximum atomic E-state index is 12.8. The Morgan fingerprint density at radius 3 is 2.28 bits per heavy atom. The molecule has 5 nitrogen and oxygen atoms in total. The smallest absolute Gasteiger partial charge is 0.352 e. The van der Waals surface area contributed by atoms with Crippen molar-refractivity contribution in [1.29, 1.82) is 0 Å².